The highest BCUT2D eigenvalue weighted by molar-refractivity contribution is 6.31. The van der Waals surface area contributed by atoms with Crippen LogP contribution in [0.15, 0.2) is 48.5 Å². The van der Waals surface area contributed by atoms with Crippen molar-refractivity contribution >= 4 is 39.1 Å². The third-order valence-electron chi connectivity index (χ3n) is 4.80. The maximum atomic E-state index is 6.31. The van der Waals surface area contributed by atoms with Gasteiger partial charge in [0.25, 0.3) is 0 Å². The van der Waals surface area contributed by atoms with Gasteiger partial charge in [0.2, 0.25) is 11.2 Å². The average molecular weight is 321 g/mol. The highest BCUT2D eigenvalue weighted by Crippen LogP contribution is 2.34. The molecule has 0 saturated carbocycles. The molecule has 0 aliphatic carbocycles. The Kier molecular flexibility index (Phi) is 2.53. The number of nitrogen functional groups attached to an aromatic ring is 1. The molecular formula is C19H15ClN3+. The molecule has 112 valence electrons. The standard InChI is InChI=1S/C19H14ClN3/c20-11-5-6-14-15(21)10-18-19-13(7-8-23(18)17(14)9-11)12-3-1-2-4-16(12)22-19/h1-6,9-10H,7-8H2,(H2,21,22)/p+1. The molecule has 0 radical (unpaired) electrons. The number of hydrogen-bond donors (Lipinski definition) is 2. The molecule has 2 aromatic heterocycles. The molecule has 0 unspecified atom stereocenters. The number of hydrogen-bond acceptors (Lipinski definition) is 1. The van der Waals surface area contributed by atoms with Crippen molar-refractivity contribution in [3.63, 3.8) is 0 Å². The molecule has 3 nitrogen and oxygen atoms in total. The first-order chi connectivity index (χ1) is 11.2. The van der Waals surface area contributed by atoms with Crippen molar-refractivity contribution in [2.24, 2.45) is 0 Å². The van der Waals surface area contributed by atoms with Gasteiger partial charge < -0.3 is 10.7 Å². The van der Waals surface area contributed by atoms with Crippen LogP contribution in [0.25, 0.3) is 33.2 Å². The zero-order chi connectivity index (χ0) is 15.6. The van der Waals surface area contributed by atoms with Crippen molar-refractivity contribution < 1.29 is 4.57 Å². The van der Waals surface area contributed by atoms with E-state index in [1.54, 1.807) is 0 Å². The van der Waals surface area contributed by atoms with Crippen LogP contribution < -0.4 is 10.3 Å². The molecule has 0 atom stereocenters. The minimum atomic E-state index is 0.736. The Morgan fingerprint density at radius 3 is 2.83 bits per heavy atom. The van der Waals surface area contributed by atoms with Crippen LogP contribution in [0.1, 0.15) is 5.56 Å². The zero-order valence-corrected chi connectivity index (χ0v) is 13.2. The summed E-state index contributed by atoms with van der Waals surface area (Å²) in [6, 6.07) is 16.4. The van der Waals surface area contributed by atoms with Crippen molar-refractivity contribution in [3.05, 3.63) is 59.1 Å². The Morgan fingerprint density at radius 2 is 1.91 bits per heavy atom. The molecule has 3 heterocycles. The van der Waals surface area contributed by atoms with Gasteiger partial charge in [0.1, 0.15) is 5.69 Å². The summed E-state index contributed by atoms with van der Waals surface area (Å²) in [5, 5.41) is 3.09. The van der Waals surface area contributed by atoms with Gasteiger partial charge in [-0.1, -0.05) is 29.8 Å². The molecular weight excluding hydrogens is 306 g/mol. The third-order valence-corrected chi connectivity index (χ3v) is 5.03. The number of nitrogens with two attached hydrogens (primary N) is 1. The van der Waals surface area contributed by atoms with Crippen molar-refractivity contribution in [1.29, 1.82) is 0 Å². The summed E-state index contributed by atoms with van der Waals surface area (Å²) in [4.78, 5) is 3.57. The Hall–Kier alpha value is -2.52. The molecule has 3 N–H and O–H groups in total. The molecule has 1 aliphatic rings. The SMILES string of the molecule is Nc1cc2[n+](c3cc(Cl)ccc13)CCc1c-2[nH]c2ccccc12. The van der Waals surface area contributed by atoms with E-state index in [1.807, 2.05) is 18.2 Å². The number of halogens is 1. The lowest BCUT2D eigenvalue weighted by atomic mass is 10.00. The number of nitrogens with zero attached hydrogens (tertiary/aromatic N) is 1. The summed E-state index contributed by atoms with van der Waals surface area (Å²) in [5.41, 5.74) is 13.1. The summed E-state index contributed by atoms with van der Waals surface area (Å²) in [6.45, 7) is 0.932. The number of rotatable bonds is 0. The van der Waals surface area contributed by atoms with E-state index in [1.165, 1.54) is 22.2 Å². The van der Waals surface area contributed by atoms with Gasteiger partial charge in [-0.2, -0.15) is 4.57 Å². The number of nitrogens with one attached hydrogen (secondary N) is 1. The van der Waals surface area contributed by atoms with Crippen LogP contribution >= 0.6 is 11.6 Å². The number of aryl methyl sites for hydroxylation is 2. The van der Waals surface area contributed by atoms with Crippen LogP contribution in [0.4, 0.5) is 5.69 Å². The fraction of sp³-hybridized carbons (Fsp3) is 0.105. The zero-order valence-electron chi connectivity index (χ0n) is 12.4. The Balaban J connectivity index is 1.91. The summed E-state index contributed by atoms with van der Waals surface area (Å²) < 4.78 is 2.31. The lowest BCUT2D eigenvalue weighted by molar-refractivity contribution is -0.661. The van der Waals surface area contributed by atoms with E-state index in [-0.39, 0.29) is 0 Å². The normalized spacial score (nSPS) is 13.3. The summed E-state index contributed by atoms with van der Waals surface area (Å²) >= 11 is 6.22. The molecule has 0 saturated heterocycles. The van der Waals surface area contributed by atoms with E-state index in [0.717, 1.165) is 40.3 Å². The Labute approximate surface area is 138 Å². The minimum Gasteiger partial charge on any atom is -0.398 e. The fourth-order valence-electron chi connectivity index (χ4n) is 3.75. The number of fused-ring (bicyclic) bond motifs is 7. The van der Waals surface area contributed by atoms with Gasteiger partial charge in [-0.25, -0.2) is 0 Å². The molecule has 0 amide bonds. The second-order valence-electron chi connectivity index (χ2n) is 6.07. The molecule has 2 aromatic carbocycles. The van der Waals surface area contributed by atoms with E-state index in [0.29, 0.717) is 0 Å². The van der Waals surface area contributed by atoms with Crippen LogP contribution in [0.5, 0.6) is 0 Å². The van der Waals surface area contributed by atoms with Gasteiger partial charge in [0.05, 0.1) is 11.1 Å². The maximum Gasteiger partial charge on any atom is 0.231 e. The van der Waals surface area contributed by atoms with Crippen molar-refractivity contribution in [3.8, 4) is 11.4 Å². The lowest BCUT2D eigenvalue weighted by Crippen LogP contribution is -2.41. The van der Waals surface area contributed by atoms with E-state index in [2.05, 4.69) is 39.9 Å². The summed E-state index contributed by atoms with van der Waals surface area (Å²) in [6.07, 6.45) is 1.00. The highest BCUT2D eigenvalue weighted by Gasteiger charge is 2.29. The largest absolute Gasteiger partial charge is 0.398 e. The predicted octanol–water partition coefficient (Wildman–Crippen LogP) is 4.07. The molecule has 5 rings (SSSR count). The van der Waals surface area contributed by atoms with Crippen molar-refractivity contribution in [1.82, 2.24) is 4.98 Å². The van der Waals surface area contributed by atoms with Gasteiger partial charge in [0.15, 0.2) is 6.54 Å². The summed E-state index contributed by atoms with van der Waals surface area (Å²) in [5.74, 6) is 0. The van der Waals surface area contributed by atoms with Crippen LogP contribution in [-0.4, -0.2) is 4.98 Å². The first-order valence-corrected chi connectivity index (χ1v) is 8.12. The van der Waals surface area contributed by atoms with E-state index in [4.69, 9.17) is 17.3 Å². The van der Waals surface area contributed by atoms with E-state index >= 15 is 0 Å². The Morgan fingerprint density at radius 1 is 1.04 bits per heavy atom. The van der Waals surface area contributed by atoms with Gasteiger partial charge in [-0.3, -0.25) is 0 Å². The van der Waals surface area contributed by atoms with Crippen LogP contribution in [-0.2, 0) is 13.0 Å². The van der Waals surface area contributed by atoms with Crippen molar-refractivity contribution in [2.45, 2.75) is 13.0 Å². The van der Waals surface area contributed by atoms with Gasteiger partial charge in [-0.05, 0) is 23.8 Å². The van der Waals surface area contributed by atoms with Gasteiger partial charge in [0, 0.05) is 34.5 Å². The monoisotopic (exact) mass is 320 g/mol. The van der Waals surface area contributed by atoms with Crippen LogP contribution in [0, 0.1) is 0 Å². The number of pyridine rings is 1. The molecule has 23 heavy (non-hydrogen) atoms. The molecule has 0 spiro atoms. The second kappa shape index (κ2) is 4.49. The quantitative estimate of drug-likeness (QED) is 0.471. The van der Waals surface area contributed by atoms with E-state index < -0.39 is 0 Å². The van der Waals surface area contributed by atoms with Crippen LogP contribution in [0.3, 0.4) is 0 Å². The third kappa shape index (κ3) is 1.74. The maximum absolute atomic E-state index is 6.31. The summed E-state index contributed by atoms with van der Waals surface area (Å²) in [7, 11) is 0. The number of aromatic amines is 1. The number of H-pyrrole nitrogens is 1. The van der Waals surface area contributed by atoms with Gasteiger partial charge in [-0.15, -0.1) is 0 Å². The van der Waals surface area contributed by atoms with E-state index in [9.17, 15) is 0 Å². The molecule has 1 aliphatic heterocycles. The van der Waals surface area contributed by atoms with Crippen molar-refractivity contribution in [2.75, 3.05) is 5.73 Å². The number of benzene rings is 2. The smallest absolute Gasteiger partial charge is 0.231 e. The molecule has 4 heteroatoms. The van der Waals surface area contributed by atoms with Gasteiger partial charge >= 0.3 is 0 Å². The molecule has 0 fully saturated rings. The first-order valence-electron chi connectivity index (χ1n) is 7.74. The lowest BCUT2D eigenvalue weighted by Gasteiger charge is -2.14. The molecule has 0 bridgehead atoms. The predicted molar refractivity (Wildman–Crippen MR) is 94.6 cm³/mol. The number of aromatic nitrogens is 2. The number of anilines is 1. The fourth-order valence-corrected chi connectivity index (χ4v) is 3.92. The second-order valence-corrected chi connectivity index (χ2v) is 6.51. The Bertz CT molecular complexity index is 1090. The average Bonchev–Trinajstić information content (AvgIpc) is 2.94. The topological polar surface area (TPSA) is 45.7 Å². The first kappa shape index (κ1) is 13.0. The minimum absolute atomic E-state index is 0.736. The van der Waals surface area contributed by atoms with Crippen LogP contribution in [0.2, 0.25) is 5.02 Å². The highest BCUT2D eigenvalue weighted by atomic mass is 35.5. The molecule has 4 aromatic rings. The number of para-hydroxylation sites is 1.